The van der Waals surface area contributed by atoms with Crippen LogP contribution >= 0.6 is 12.6 Å². The van der Waals surface area contributed by atoms with Crippen molar-refractivity contribution in [3.63, 3.8) is 0 Å². The topological polar surface area (TPSA) is 37.3 Å². The molecule has 0 fully saturated rings. The molecule has 0 heterocycles. The summed E-state index contributed by atoms with van der Waals surface area (Å²) in [6, 6.07) is 9.85. The van der Waals surface area contributed by atoms with Crippen LogP contribution in [0.5, 0.6) is 0 Å². The molecule has 0 bridgehead atoms. The molecule has 2 unspecified atom stereocenters. The fourth-order valence-corrected chi connectivity index (χ4v) is 1.91. The normalized spacial score (nSPS) is 14.4. The Morgan fingerprint density at radius 2 is 1.94 bits per heavy atom. The van der Waals surface area contributed by atoms with E-state index < -0.39 is 5.97 Å². The molecule has 0 saturated heterocycles. The number of carboxylic acids is 1. The first kappa shape index (κ1) is 13.1. The first-order valence-corrected chi connectivity index (χ1v) is 6.06. The Labute approximate surface area is 102 Å². The van der Waals surface area contributed by atoms with E-state index in [4.69, 9.17) is 5.11 Å². The lowest BCUT2D eigenvalue weighted by Crippen LogP contribution is -2.08. The Bertz CT molecular complexity index is 322. The van der Waals surface area contributed by atoms with Gasteiger partial charge in [0.2, 0.25) is 0 Å². The summed E-state index contributed by atoms with van der Waals surface area (Å²) in [4.78, 5) is 10.8. The van der Waals surface area contributed by atoms with Crippen LogP contribution < -0.4 is 0 Å². The van der Waals surface area contributed by atoms with E-state index >= 15 is 0 Å². The number of aliphatic carboxylic acids is 1. The first-order valence-electron chi connectivity index (χ1n) is 5.54. The third kappa shape index (κ3) is 4.71. The third-order valence-corrected chi connectivity index (χ3v) is 2.88. The van der Waals surface area contributed by atoms with Crippen molar-refractivity contribution in [2.24, 2.45) is 0 Å². The fraction of sp³-hybridized carbons (Fsp3) is 0.462. The fourth-order valence-electron chi connectivity index (χ4n) is 1.76. The van der Waals surface area contributed by atoms with E-state index in [1.165, 1.54) is 0 Å². The standard InChI is InChI=1S/C13H18O2S/c1-10(16)7-8-12(9-13(14)15)11-5-3-2-4-6-11/h2-6,10,12,16H,7-9H2,1H3,(H,14,15). The molecule has 2 atom stereocenters. The van der Waals surface area contributed by atoms with E-state index in [0.717, 1.165) is 18.4 Å². The van der Waals surface area contributed by atoms with Gasteiger partial charge in [-0.05, 0) is 29.6 Å². The van der Waals surface area contributed by atoms with Crippen LogP contribution in [0.1, 0.15) is 37.7 Å². The zero-order chi connectivity index (χ0) is 12.0. The highest BCUT2D eigenvalue weighted by atomic mass is 32.1. The van der Waals surface area contributed by atoms with Crippen LogP contribution in [-0.2, 0) is 4.79 Å². The summed E-state index contributed by atoms with van der Waals surface area (Å²) in [5.41, 5.74) is 1.11. The molecular weight excluding hydrogens is 220 g/mol. The van der Waals surface area contributed by atoms with E-state index in [9.17, 15) is 4.79 Å². The van der Waals surface area contributed by atoms with Crippen molar-refractivity contribution in [2.75, 3.05) is 0 Å². The summed E-state index contributed by atoms with van der Waals surface area (Å²) in [5.74, 6) is -0.631. The summed E-state index contributed by atoms with van der Waals surface area (Å²) >= 11 is 4.33. The molecule has 1 aromatic rings. The predicted octanol–water partition coefficient (Wildman–Crippen LogP) is 3.34. The van der Waals surface area contributed by atoms with Gasteiger partial charge in [0.25, 0.3) is 0 Å². The van der Waals surface area contributed by atoms with E-state index in [1.807, 2.05) is 37.3 Å². The minimum absolute atomic E-state index is 0.105. The Morgan fingerprint density at radius 3 is 2.44 bits per heavy atom. The van der Waals surface area contributed by atoms with Crippen LogP contribution in [0.25, 0.3) is 0 Å². The van der Waals surface area contributed by atoms with E-state index in [0.29, 0.717) is 5.25 Å². The van der Waals surface area contributed by atoms with Crippen molar-refractivity contribution in [3.05, 3.63) is 35.9 Å². The van der Waals surface area contributed by atoms with Gasteiger partial charge in [-0.2, -0.15) is 12.6 Å². The smallest absolute Gasteiger partial charge is 0.303 e. The van der Waals surface area contributed by atoms with Crippen molar-refractivity contribution in [2.45, 2.75) is 37.4 Å². The molecule has 16 heavy (non-hydrogen) atoms. The van der Waals surface area contributed by atoms with Gasteiger partial charge >= 0.3 is 5.97 Å². The molecule has 0 spiro atoms. The van der Waals surface area contributed by atoms with Crippen LogP contribution in [-0.4, -0.2) is 16.3 Å². The molecule has 1 N–H and O–H groups in total. The summed E-state index contributed by atoms with van der Waals surface area (Å²) in [7, 11) is 0. The Morgan fingerprint density at radius 1 is 1.31 bits per heavy atom. The molecule has 0 aliphatic carbocycles. The Kier molecular flexibility index (Phi) is 5.39. The zero-order valence-corrected chi connectivity index (χ0v) is 10.4. The highest BCUT2D eigenvalue weighted by Crippen LogP contribution is 2.26. The van der Waals surface area contributed by atoms with Crippen molar-refractivity contribution >= 4 is 18.6 Å². The largest absolute Gasteiger partial charge is 0.481 e. The van der Waals surface area contributed by atoms with E-state index in [2.05, 4.69) is 12.6 Å². The van der Waals surface area contributed by atoms with Gasteiger partial charge in [-0.3, -0.25) is 4.79 Å². The highest BCUT2D eigenvalue weighted by Gasteiger charge is 2.15. The van der Waals surface area contributed by atoms with E-state index in [1.54, 1.807) is 0 Å². The number of hydrogen-bond donors (Lipinski definition) is 2. The maximum atomic E-state index is 10.8. The average Bonchev–Trinajstić information content (AvgIpc) is 2.25. The van der Waals surface area contributed by atoms with Crippen LogP contribution in [0, 0.1) is 0 Å². The van der Waals surface area contributed by atoms with Crippen molar-refractivity contribution < 1.29 is 9.90 Å². The van der Waals surface area contributed by atoms with Crippen LogP contribution in [0.4, 0.5) is 0 Å². The van der Waals surface area contributed by atoms with Gasteiger partial charge in [0.1, 0.15) is 0 Å². The van der Waals surface area contributed by atoms with Gasteiger partial charge in [0.15, 0.2) is 0 Å². The van der Waals surface area contributed by atoms with Crippen LogP contribution in [0.2, 0.25) is 0 Å². The SMILES string of the molecule is CC(S)CCC(CC(=O)O)c1ccccc1. The van der Waals surface area contributed by atoms with Gasteiger partial charge in [0, 0.05) is 0 Å². The maximum absolute atomic E-state index is 10.8. The van der Waals surface area contributed by atoms with Crippen molar-refractivity contribution in [3.8, 4) is 0 Å². The maximum Gasteiger partial charge on any atom is 0.303 e. The number of hydrogen-bond acceptors (Lipinski definition) is 2. The van der Waals surface area contributed by atoms with Gasteiger partial charge < -0.3 is 5.11 Å². The molecule has 2 nitrogen and oxygen atoms in total. The molecule has 1 rings (SSSR count). The molecule has 0 saturated carbocycles. The zero-order valence-electron chi connectivity index (χ0n) is 9.47. The lowest BCUT2D eigenvalue weighted by Gasteiger charge is -2.16. The Hall–Kier alpha value is -0.960. The average molecular weight is 238 g/mol. The molecule has 0 aromatic heterocycles. The molecule has 88 valence electrons. The number of carbonyl (C=O) groups is 1. The molecule has 0 aliphatic rings. The lowest BCUT2D eigenvalue weighted by molar-refractivity contribution is -0.137. The number of carboxylic acid groups (broad SMARTS) is 1. The second-order valence-corrected chi connectivity index (χ2v) is 5.01. The Balaban J connectivity index is 2.67. The monoisotopic (exact) mass is 238 g/mol. The number of thiol groups is 1. The van der Waals surface area contributed by atoms with Crippen molar-refractivity contribution in [1.82, 2.24) is 0 Å². The first-order chi connectivity index (χ1) is 7.59. The summed E-state index contributed by atoms with van der Waals surface area (Å²) in [6.45, 7) is 2.03. The predicted molar refractivity (Wildman–Crippen MR) is 69.1 cm³/mol. The minimum atomic E-state index is -0.735. The number of benzene rings is 1. The summed E-state index contributed by atoms with van der Waals surface area (Å²) < 4.78 is 0. The molecule has 0 amide bonds. The molecule has 0 radical (unpaired) electrons. The van der Waals surface area contributed by atoms with Gasteiger partial charge in [-0.15, -0.1) is 0 Å². The lowest BCUT2D eigenvalue weighted by atomic mass is 9.91. The van der Waals surface area contributed by atoms with Crippen LogP contribution in [0.15, 0.2) is 30.3 Å². The second-order valence-electron chi connectivity index (χ2n) is 4.13. The molecular formula is C13H18O2S. The summed E-state index contributed by atoms with van der Waals surface area (Å²) in [5, 5.41) is 9.21. The third-order valence-electron chi connectivity index (χ3n) is 2.62. The molecule has 0 aliphatic heterocycles. The summed E-state index contributed by atoms with van der Waals surface area (Å²) in [6.07, 6.45) is 2.02. The van der Waals surface area contributed by atoms with Gasteiger partial charge in [-0.25, -0.2) is 0 Å². The minimum Gasteiger partial charge on any atom is -0.481 e. The van der Waals surface area contributed by atoms with E-state index in [-0.39, 0.29) is 12.3 Å². The second kappa shape index (κ2) is 6.59. The quantitative estimate of drug-likeness (QED) is 0.746. The molecule has 1 aromatic carbocycles. The van der Waals surface area contributed by atoms with Gasteiger partial charge in [0.05, 0.1) is 6.42 Å². The highest BCUT2D eigenvalue weighted by molar-refractivity contribution is 7.80. The van der Waals surface area contributed by atoms with Gasteiger partial charge in [-0.1, -0.05) is 37.3 Å². The van der Waals surface area contributed by atoms with Crippen LogP contribution in [0.3, 0.4) is 0 Å². The number of rotatable bonds is 6. The van der Waals surface area contributed by atoms with Crippen molar-refractivity contribution in [1.29, 1.82) is 0 Å². The molecule has 3 heteroatoms.